The largest absolute Gasteiger partial charge is 0.360 e. The van der Waals surface area contributed by atoms with Gasteiger partial charge < -0.3 is 15.2 Å². The lowest BCUT2D eigenvalue weighted by molar-refractivity contribution is -0.134. The first-order chi connectivity index (χ1) is 10.6. The first-order valence-corrected chi connectivity index (χ1v) is 8.16. The average Bonchev–Trinajstić information content (AvgIpc) is 3.24. The van der Waals surface area contributed by atoms with Crippen LogP contribution in [0, 0.1) is 12.3 Å². The van der Waals surface area contributed by atoms with Gasteiger partial charge in [-0.3, -0.25) is 9.59 Å². The van der Waals surface area contributed by atoms with E-state index in [0.29, 0.717) is 24.4 Å². The number of carbonyl (C=O) groups is 2. The minimum absolute atomic E-state index is 0.128. The van der Waals surface area contributed by atoms with Crippen molar-refractivity contribution in [1.29, 1.82) is 0 Å². The van der Waals surface area contributed by atoms with Crippen molar-refractivity contribution < 1.29 is 14.1 Å². The zero-order valence-electron chi connectivity index (χ0n) is 13.0. The van der Waals surface area contributed by atoms with Gasteiger partial charge in [-0.25, -0.2) is 0 Å². The highest BCUT2D eigenvalue weighted by Crippen LogP contribution is 2.47. The quantitative estimate of drug-likeness (QED) is 0.661. The number of nitrogens with one attached hydrogen (secondary N) is 2. The highest BCUT2D eigenvalue weighted by molar-refractivity contribution is 6.12. The van der Waals surface area contributed by atoms with Gasteiger partial charge in [0, 0.05) is 12.1 Å². The fourth-order valence-corrected chi connectivity index (χ4v) is 3.09. The van der Waals surface area contributed by atoms with E-state index in [9.17, 15) is 9.59 Å². The van der Waals surface area contributed by atoms with E-state index >= 15 is 0 Å². The van der Waals surface area contributed by atoms with Crippen LogP contribution in [0.1, 0.15) is 57.1 Å². The maximum Gasteiger partial charge on any atom is 0.241 e. The van der Waals surface area contributed by atoms with Crippen LogP contribution in [0.15, 0.2) is 10.6 Å². The summed E-state index contributed by atoms with van der Waals surface area (Å²) in [7, 11) is 0. The van der Waals surface area contributed by atoms with Crippen LogP contribution in [-0.2, 0) is 9.59 Å². The van der Waals surface area contributed by atoms with E-state index in [1.807, 2.05) is 0 Å². The van der Waals surface area contributed by atoms with Crippen molar-refractivity contribution in [3.05, 3.63) is 11.8 Å². The van der Waals surface area contributed by atoms with Gasteiger partial charge in [0.2, 0.25) is 11.8 Å². The zero-order valence-corrected chi connectivity index (χ0v) is 13.0. The molecule has 6 heteroatoms. The van der Waals surface area contributed by atoms with Crippen molar-refractivity contribution in [2.75, 3.05) is 5.32 Å². The van der Waals surface area contributed by atoms with E-state index in [1.54, 1.807) is 13.0 Å². The van der Waals surface area contributed by atoms with E-state index in [-0.39, 0.29) is 17.9 Å². The lowest BCUT2D eigenvalue weighted by Crippen LogP contribution is -2.44. The monoisotopic (exact) mass is 305 g/mol. The summed E-state index contributed by atoms with van der Waals surface area (Å²) in [6, 6.07) is 1.87. The predicted octanol–water partition coefficient (Wildman–Crippen LogP) is 2.54. The van der Waals surface area contributed by atoms with Crippen molar-refractivity contribution in [2.24, 2.45) is 5.41 Å². The maximum absolute atomic E-state index is 12.5. The second-order valence-electron chi connectivity index (χ2n) is 6.52. The molecule has 2 amide bonds. The Morgan fingerprint density at radius 3 is 2.41 bits per heavy atom. The molecule has 0 atom stereocenters. The lowest BCUT2D eigenvalue weighted by atomic mass is 10.0. The van der Waals surface area contributed by atoms with Crippen LogP contribution in [0.3, 0.4) is 0 Å². The number of aryl methyl sites for hydroxylation is 1. The average molecular weight is 305 g/mol. The first kappa shape index (κ1) is 15.1. The summed E-state index contributed by atoms with van der Waals surface area (Å²) in [5.74, 6) is 0.600. The number of anilines is 1. The van der Waals surface area contributed by atoms with Crippen LogP contribution in [0.4, 0.5) is 5.82 Å². The Morgan fingerprint density at radius 2 is 1.86 bits per heavy atom. The predicted molar refractivity (Wildman–Crippen MR) is 81.2 cm³/mol. The van der Waals surface area contributed by atoms with Crippen LogP contribution < -0.4 is 10.6 Å². The summed E-state index contributed by atoms with van der Waals surface area (Å²) in [6.07, 6.45) is 8.04. The third-order valence-corrected chi connectivity index (χ3v) is 4.68. The van der Waals surface area contributed by atoms with Crippen molar-refractivity contribution in [3.8, 4) is 0 Å². The summed E-state index contributed by atoms with van der Waals surface area (Å²) in [5, 5.41) is 9.53. The van der Waals surface area contributed by atoms with Crippen molar-refractivity contribution in [1.82, 2.24) is 10.5 Å². The van der Waals surface area contributed by atoms with Crippen LogP contribution >= 0.6 is 0 Å². The van der Waals surface area contributed by atoms with Gasteiger partial charge in [-0.2, -0.15) is 0 Å². The number of amides is 2. The van der Waals surface area contributed by atoms with Crippen LogP contribution in [0.2, 0.25) is 0 Å². The molecule has 1 aromatic rings. The molecule has 0 saturated heterocycles. The lowest BCUT2D eigenvalue weighted by Gasteiger charge is -2.20. The molecular formula is C16H23N3O3. The molecule has 0 aliphatic heterocycles. The molecule has 22 heavy (non-hydrogen) atoms. The zero-order chi connectivity index (χ0) is 15.6. The molecule has 0 unspecified atom stereocenters. The Balaban J connectivity index is 1.59. The molecule has 2 saturated carbocycles. The van der Waals surface area contributed by atoms with Crippen LogP contribution in [-0.4, -0.2) is 23.0 Å². The van der Waals surface area contributed by atoms with Crippen LogP contribution in [0.25, 0.3) is 0 Å². The Bertz CT molecular complexity index is 555. The number of rotatable bonds is 4. The van der Waals surface area contributed by atoms with Gasteiger partial charge in [-0.1, -0.05) is 30.8 Å². The van der Waals surface area contributed by atoms with Gasteiger partial charge in [0.25, 0.3) is 0 Å². The molecule has 3 rings (SSSR count). The first-order valence-electron chi connectivity index (χ1n) is 8.16. The molecule has 0 aromatic carbocycles. The van der Waals surface area contributed by atoms with Gasteiger partial charge in [0.05, 0.1) is 0 Å². The fraction of sp³-hybridized carbons (Fsp3) is 0.688. The van der Waals surface area contributed by atoms with Gasteiger partial charge in [-0.15, -0.1) is 0 Å². The standard InChI is InChI=1S/C16H23N3O3/c1-11-10-13(19-22-11)18-15(21)16(8-9-16)14(20)17-12-6-4-2-3-5-7-12/h10,12H,2-9H2,1H3,(H,17,20)(H,18,19,21). The molecule has 0 bridgehead atoms. The third kappa shape index (κ3) is 3.15. The minimum atomic E-state index is -0.904. The SMILES string of the molecule is Cc1cc(NC(=O)C2(C(=O)NC3CCCCCC3)CC2)no1. The molecule has 0 radical (unpaired) electrons. The summed E-state index contributed by atoms with van der Waals surface area (Å²) in [4.78, 5) is 24.9. The highest BCUT2D eigenvalue weighted by atomic mass is 16.5. The van der Waals surface area contributed by atoms with E-state index < -0.39 is 5.41 Å². The summed E-state index contributed by atoms with van der Waals surface area (Å²) >= 11 is 0. The van der Waals surface area contributed by atoms with E-state index in [1.165, 1.54) is 12.8 Å². The molecule has 2 fully saturated rings. The topological polar surface area (TPSA) is 84.2 Å². The molecule has 2 aliphatic rings. The van der Waals surface area contributed by atoms with Gasteiger partial charge >= 0.3 is 0 Å². The molecule has 2 N–H and O–H groups in total. The Labute approximate surface area is 130 Å². The summed E-state index contributed by atoms with van der Waals surface area (Å²) in [5.41, 5.74) is -0.904. The minimum Gasteiger partial charge on any atom is -0.360 e. The van der Waals surface area contributed by atoms with Gasteiger partial charge in [0.1, 0.15) is 11.2 Å². The Morgan fingerprint density at radius 1 is 1.18 bits per heavy atom. The number of aromatic nitrogens is 1. The van der Waals surface area contributed by atoms with Crippen LogP contribution in [0.5, 0.6) is 0 Å². The van der Waals surface area contributed by atoms with Crippen molar-refractivity contribution in [3.63, 3.8) is 0 Å². The number of hydrogen-bond acceptors (Lipinski definition) is 4. The number of nitrogens with zero attached hydrogens (tertiary/aromatic N) is 1. The van der Waals surface area contributed by atoms with E-state index in [4.69, 9.17) is 4.52 Å². The van der Waals surface area contributed by atoms with Crippen molar-refractivity contribution in [2.45, 2.75) is 64.3 Å². The second kappa shape index (κ2) is 6.10. The molecule has 6 nitrogen and oxygen atoms in total. The molecule has 1 aromatic heterocycles. The Hall–Kier alpha value is -1.85. The van der Waals surface area contributed by atoms with Gasteiger partial charge in [-0.05, 0) is 32.6 Å². The highest BCUT2D eigenvalue weighted by Gasteiger charge is 2.57. The maximum atomic E-state index is 12.5. The number of carbonyl (C=O) groups excluding carboxylic acids is 2. The van der Waals surface area contributed by atoms with E-state index in [2.05, 4.69) is 15.8 Å². The second-order valence-corrected chi connectivity index (χ2v) is 6.52. The summed E-state index contributed by atoms with van der Waals surface area (Å²) in [6.45, 7) is 1.76. The number of hydrogen-bond donors (Lipinski definition) is 2. The molecule has 120 valence electrons. The normalized spacial score (nSPS) is 21.0. The van der Waals surface area contributed by atoms with E-state index in [0.717, 1.165) is 25.7 Å². The van der Waals surface area contributed by atoms with Gasteiger partial charge in [0.15, 0.2) is 5.82 Å². The summed E-state index contributed by atoms with van der Waals surface area (Å²) < 4.78 is 4.93. The fourth-order valence-electron chi connectivity index (χ4n) is 3.09. The Kier molecular flexibility index (Phi) is 4.18. The third-order valence-electron chi connectivity index (χ3n) is 4.68. The molecule has 1 heterocycles. The smallest absolute Gasteiger partial charge is 0.241 e. The molecular weight excluding hydrogens is 282 g/mol. The van der Waals surface area contributed by atoms with Crippen molar-refractivity contribution >= 4 is 17.6 Å². The molecule has 2 aliphatic carbocycles. The molecule has 0 spiro atoms.